The lowest BCUT2D eigenvalue weighted by molar-refractivity contribution is 0.483. The zero-order valence-electron chi connectivity index (χ0n) is 8.18. The molecule has 0 radical (unpaired) electrons. The lowest BCUT2D eigenvalue weighted by Gasteiger charge is -2.02. The Hall–Kier alpha value is -1.73. The molecule has 1 N–H and O–H groups in total. The molecule has 0 saturated carbocycles. The Kier molecular flexibility index (Phi) is 2.71. The predicted octanol–water partition coefficient (Wildman–Crippen LogP) is 0.573. The molecule has 0 fully saturated rings. The quantitative estimate of drug-likeness (QED) is 0.791. The van der Waals surface area contributed by atoms with Crippen LogP contribution >= 0.6 is 0 Å². The van der Waals surface area contributed by atoms with Crippen molar-refractivity contribution in [1.82, 2.24) is 14.8 Å². The van der Waals surface area contributed by atoms with E-state index >= 15 is 0 Å². The summed E-state index contributed by atoms with van der Waals surface area (Å²) < 4.78 is 32.0. The Bertz CT molecular complexity index is 561. The van der Waals surface area contributed by atoms with Gasteiger partial charge in [0.2, 0.25) is 0 Å². The van der Waals surface area contributed by atoms with Crippen molar-refractivity contribution in [3.8, 4) is 0 Å². The molecule has 0 spiro atoms. The van der Waals surface area contributed by atoms with E-state index in [1.807, 2.05) is 0 Å². The van der Waals surface area contributed by atoms with Gasteiger partial charge in [-0.05, 0) is 17.7 Å². The van der Waals surface area contributed by atoms with Gasteiger partial charge < -0.3 is 0 Å². The van der Waals surface area contributed by atoms with Crippen LogP contribution in [0.5, 0.6) is 0 Å². The maximum atomic E-state index is 10.8. The Morgan fingerprint density at radius 2 is 1.94 bits per heavy atom. The third kappa shape index (κ3) is 2.44. The monoisotopic (exact) mass is 239 g/mol. The molecule has 0 aliphatic rings. The second-order valence-electron chi connectivity index (χ2n) is 3.21. The van der Waals surface area contributed by atoms with Crippen molar-refractivity contribution in [2.45, 2.75) is 11.4 Å². The average molecular weight is 239 g/mol. The summed E-state index contributed by atoms with van der Waals surface area (Å²) in [5.74, 6) is 0. The summed E-state index contributed by atoms with van der Waals surface area (Å²) in [4.78, 5) is 3.68. The molecule has 0 bridgehead atoms. The molecule has 0 saturated heterocycles. The zero-order chi connectivity index (χ0) is 11.6. The first kappa shape index (κ1) is 10.8. The summed E-state index contributed by atoms with van der Waals surface area (Å²) in [6.45, 7) is 0.506. The van der Waals surface area contributed by atoms with Gasteiger partial charge in [0.1, 0.15) is 12.7 Å². The molecule has 2 rings (SSSR count). The van der Waals surface area contributed by atoms with Crippen LogP contribution in [0.25, 0.3) is 0 Å². The largest absolute Gasteiger partial charge is 0.294 e. The van der Waals surface area contributed by atoms with Gasteiger partial charge in [-0.2, -0.15) is 13.5 Å². The van der Waals surface area contributed by atoms with Crippen LogP contribution in [0.1, 0.15) is 5.56 Å². The van der Waals surface area contributed by atoms with Gasteiger partial charge in [-0.25, -0.2) is 9.67 Å². The summed E-state index contributed by atoms with van der Waals surface area (Å²) in [5, 5.41) is 3.92. The molecule has 1 aromatic carbocycles. The number of benzene rings is 1. The van der Waals surface area contributed by atoms with E-state index in [1.165, 1.54) is 18.5 Å². The van der Waals surface area contributed by atoms with Crippen LogP contribution in [0.15, 0.2) is 41.8 Å². The lowest BCUT2D eigenvalue weighted by Crippen LogP contribution is -2.01. The average Bonchev–Trinajstić information content (AvgIpc) is 2.70. The molecule has 0 aliphatic carbocycles. The highest BCUT2D eigenvalue weighted by Crippen LogP contribution is 2.10. The molecule has 1 heterocycles. The van der Waals surface area contributed by atoms with Gasteiger partial charge in [0.25, 0.3) is 10.1 Å². The summed E-state index contributed by atoms with van der Waals surface area (Å²) in [7, 11) is -4.12. The predicted molar refractivity (Wildman–Crippen MR) is 55.4 cm³/mol. The maximum absolute atomic E-state index is 10.8. The van der Waals surface area contributed by atoms with Crippen molar-refractivity contribution in [3.05, 3.63) is 42.5 Å². The molecule has 0 amide bonds. The molecule has 0 unspecified atom stereocenters. The summed E-state index contributed by atoms with van der Waals surface area (Å²) in [6, 6.07) is 5.93. The highest BCUT2D eigenvalue weighted by molar-refractivity contribution is 7.85. The Labute approximate surface area is 92.3 Å². The minimum Gasteiger partial charge on any atom is -0.282 e. The highest BCUT2D eigenvalue weighted by Gasteiger charge is 2.08. The van der Waals surface area contributed by atoms with E-state index in [2.05, 4.69) is 10.1 Å². The molecule has 0 aliphatic heterocycles. The Balaban J connectivity index is 2.20. The minimum atomic E-state index is -4.12. The van der Waals surface area contributed by atoms with E-state index in [4.69, 9.17) is 4.55 Å². The van der Waals surface area contributed by atoms with E-state index in [1.54, 1.807) is 23.1 Å². The van der Waals surface area contributed by atoms with Gasteiger partial charge in [-0.3, -0.25) is 4.55 Å². The second kappa shape index (κ2) is 4.03. The minimum absolute atomic E-state index is 0.116. The molecule has 84 valence electrons. The standard InChI is InChI=1S/C9H9N3O3S/c13-16(14,15)9-3-1-8(2-4-9)5-12-7-10-6-11-12/h1-4,6-7H,5H2,(H,13,14,15). The van der Waals surface area contributed by atoms with E-state index in [0.29, 0.717) is 6.54 Å². The third-order valence-electron chi connectivity index (χ3n) is 2.03. The fourth-order valence-corrected chi connectivity index (χ4v) is 1.75. The molecule has 16 heavy (non-hydrogen) atoms. The molecule has 1 aromatic heterocycles. The number of hydrogen-bond acceptors (Lipinski definition) is 4. The van der Waals surface area contributed by atoms with Gasteiger partial charge in [-0.1, -0.05) is 12.1 Å². The van der Waals surface area contributed by atoms with E-state index in [9.17, 15) is 8.42 Å². The zero-order valence-corrected chi connectivity index (χ0v) is 9.00. The fourth-order valence-electron chi connectivity index (χ4n) is 1.27. The first-order valence-electron chi connectivity index (χ1n) is 4.44. The molecule has 7 heteroatoms. The molecule has 2 aromatic rings. The van der Waals surface area contributed by atoms with Crippen LogP contribution in [0, 0.1) is 0 Å². The first-order chi connectivity index (χ1) is 7.55. The summed E-state index contributed by atoms with van der Waals surface area (Å²) >= 11 is 0. The SMILES string of the molecule is O=S(=O)(O)c1ccc(Cn2cncn2)cc1. The summed E-state index contributed by atoms with van der Waals surface area (Å²) in [5.41, 5.74) is 0.873. The molecular formula is C9H9N3O3S. The molecular weight excluding hydrogens is 230 g/mol. The lowest BCUT2D eigenvalue weighted by atomic mass is 10.2. The number of rotatable bonds is 3. The maximum Gasteiger partial charge on any atom is 0.294 e. The topological polar surface area (TPSA) is 85.1 Å². The Morgan fingerprint density at radius 1 is 1.25 bits per heavy atom. The van der Waals surface area contributed by atoms with E-state index < -0.39 is 10.1 Å². The van der Waals surface area contributed by atoms with Crippen LogP contribution in [0.3, 0.4) is 0 Å². The van der Waals surface area contributed by atoms with Gasteiger partial charge in [0, 0.05) is 0 Å². The normalized spacial score (nSPS) is 11.6. The highest BCUT2D eigenvalue weighted by atomic mass is 32.2. The van der Waals surface area contributed by atoms with Crippen LogP contribution in [0.2, 0.25) is 0 Å². The van der Waals surface area contributed by atoms with E-state index in [0.717, 1.165) is 5.56 Å². The van der Waals surface area contributed by atoms with Gasteiger partial charge in [-0.15, -0.1) is 0 Å². The summed E-state index contributed by atoms with van der Waals surface area (Å²) in [6.07, 6.45) is 2.99. The van der Waals surface area contributed by atoms with Crippen LogP contribution in [-0.4, -0.2) is 27.7 Å². The van der Waals surface area contributed by atoms with Gasteiger partial charge in [0.15, 0.2) is 0 Å². The molecule has 0 atom stereocenters. The van der Waals surface area contributed by atoms with Crippen LogP contribution < -0.4 is 0 Å². The number of hydrogen-bond donors (Lipinski definition) is 1. The van der Waals surface area contributed by atoms with Crippen molar-refractivity contribution in [3.63, 3.8) is 0 Å². The number of aromatic nitrogens is 3. The van der Waals surface area contributed by atoms with Gasteiger partial charge in [0.05, 0.1) is 11.4 Å². The van der Waals surface area contributed by atoms with Gasteiger partial charge >= 0.3 is 0 Å². The fraction of sp³-hybridized carbons (Fsp3) is 0.111. The van der Waals surface area contributed by atoms with Crippen molar-refractivity contribution < 1.29 is 13.0 Å². The molecule has 6 nitrogen and oxygen atoms in total. The third-order valence-corrected chi connectivity index (χ3v) is 2.90. The van der Waals surface area contributed by atoms with Crippen molar-refractivity contribution in [2.24, 2.45) is 0 Å². The first-order valence-corrected chi connectivity index (χ1v) is 5.88. The van der Waals surface area contributed by atoms with E-state index in [-0.39, 0.29) is 4.90 Å². The number of nitrogens with zero attached hydrogens (tertiary/aromatic N) is 3. The van der Waals surface area contributed by atoms with Crippen LogP contribution in [0.4, 0.5) is 0 Å². The van der Waals surface area contributed by atoms with Crippen molar-refractivity contribution in [1.29, 1.82) is 0 Å². The van der Waals surface area contributed by atoms with Crippen molar-refractivity contribution in [2.75, 3.05) is 0 Å². The second-order valence-corrected chi connectivity index (χ2v) is 4.63. The smallest absolute Gasteiger partial charge is 0.282 e. The Morgan fingerprint density at radius 3 is 2.44 bits per heavy atom. The van der Waals surface area contributed by atoms with Crippen LogP contribution in [-0.2, 0) is 16.7 Å². The van der Waals surface area contributed by atoms with Crippen molar-refractivity contribution >= 4 is 10.1 Å².